The zero-order valence-electron chi connectivity index (χ0n) is 11.1. The van der Waals surface area contributed by atoms with Crippen LogP contribution in [0, 0.1) is 0 Å². The molecule has 3 unspecified atom stereocenters. The van der Waals surface area contributed by atoms with E-state index in [0.29, 0.717) is 13.1 Å². The van der Waals surface area contributed by atoms with Crippen molar-refractivity contribution < 1.29 is 19.1 Å². The van der Waals surface area contributed by atoms with Gasteiger partial charge >= 0.3 is 11.9 Å². The summed E-state index contributed by atoms with van der Waals surface area (Å²) in [7, 11) is 0. The molecular weight excluding hydrogens is 274 g/mol. The maximum atomic E-state index is 11.8. The van der Waals surface area contributed by atoms with Gasteiger partial charge in [-0.15, -0.1) is 0 Å². The zero-order chi connectivity index (χ0) is 14.4. The Hall–Kier alpha value is -2.41. The average Bonchev–Trinajstić information content (AvgIpc) is 2.70. The van der Waals surface area contributed by atoms with Crippen LogP contribution >= 0.6 is 0 Å². The molecule has 0 radical (unpaired) electrons. The number of carbonyl (C=O) groups is 2. The van der Waals surface area contributed by atoms with Crippen LogP contribution in [0.2, 0.25) is 0 Å². The van der Waals surface area contributed by atoms with E-state index in [9.17, 15) is 9.59 Å². The van der Waals surface area contributed by atoms with Crippen molar-refractivity contribution in [2.24, 2.45) is 0 Å². The third kappa shape index (κ3) is 1.74. The van der Waals surface area contributed by atoms with Crippen LogP contribution < -0.4 is 10.2 Å². The number of nitrogens with zero attached hydrogens (tertiary/aromatic N) is 2. The van der Waals surface area contributed by atoms with Gasteiger partial charge in [0.15, 0.2) is 6.23 Å². The first kappa shape index (κ1) is 12.3. The first-order valence-electron chi connectivity index (χ1n) is 6.71. The van der Waals surface area contributed by atoms with Gasteiger partial charge in [-0.2, -0.15) is 0 Å². The van der Waals surface area contributed by atoms with Crippen molar-refractivity contribution in [2.75, 3.05) is 18.0 Å². The first-order valence-corrected chi connectivity index (χ1v) is 6.71. The Morgan fingerprint density at radius 1 is 1.33 bits per heavy atom. The second-order valence-electron chi connectivity index (χ2n) is 5.29. The predicted octanol–water partition coefficient (Wildman–Crippen LogP) is -0.405. The maximum Gasteiger partial charge on any atom is 0.332 e. The highest BCUT2D eigenvalue weighted by Crippen LogP contribution is 2.43. The quantitative estimate of drug-likeness (QED) is 0.703. The number of ether oxygens (including phenoxy) is 2. The van der Waals surface area contributed by atoms with Gasteiger partial charge in [-0.05, 0) is 12.1 Å². The van der Waals surface area contributed by atoms with Gasteiger partial charge in [-0.25, -0.2) is 9.59 Å². The van der Waals surface area contributed by atoms with Gasteiger partial charge in [0.25, 0.3) is 0 Å². The lowest BCUT2D eigenvalue weighted by Crippen LogP contribution is -2.74. The average molecular weight is 287 g/mol. The molecule has 3 atom stereocenters. The third-order valence-corrected chi connectivity index (χ3v) is 4.16. The summed E-state index contributed by atoms with van der Waals surface area (Å²) in [5, 5.41) is 3.11. The molecule has 0 saturated carbocycles. The molecule has 2 fully saturated rings. The molecule has 3 aliphatic heterocycles. The summed E-state index contributed by atoms with van der Waals surface area (Å²) in [4.78, 5) is 29.5. The zero-order valence-corrected chi connectivity index (χ0v) is 11.1. The summed E-state index contributed by atoms with van der Waals surface area (Å²) in [5.41, 5.74) is 0.128. The van der Waals surface area contributed by atoms with Crippen molar-refractivity contribution in [3.8, 4) is 0 Å². The van der Waals surface area contributed by atoms with Gasteiger partial charge in [0.1, 0.15) is 0 Å². The molecule has 4 rings (SSSR count). The van der Waals surface area contributed by atoms with Gasteiger partial charge in [0.05, 0.1) is 24.5 Å². The van der Waals surface area contributed by atoms with E-state index in [2.05, 4.69) is 15.2 Å². The largest absolute Gasteiger partial charge is 0.446 e. The van der Waals surface area contributed by atoms with Gasteiger partial charge in [0, 0.05) is 24.9 Å². The van der Waals surface area contributed by atoms with Crippen LogP contribution in [-0.4, -0.2) is 47.9 Å². The molecule has 1 aromatic rings. The molecular formula is C14H13N3O4. The van der Waals surface area contributed by atoms with Crippen molar-refractivity contribution in [1.29, 1.82) is 0 Å². The smallest absolute Gasteiger partial charge is 0.332 e. The number of carbonyl (C=O) groups excluding carboxylic acids is 2. The molecule has 0 amide bonds. The number of hydrogen-bond donors (Lipinski definition) is 1. The second kappa shape index (κ2) is 4.29. The highest BCUT2D eigenvalue weighted by atomic mass is 16.6. The minimum Gasteiger partial charge on any atom is -0.446 e. The Balaban J connectivity index is 1.65. The topological polar surface area (TPSA) is 80.8 Å². The fourth-order valence-corrected chi connectivity index (χ4v) is 3.17. The van der Waals surface area contributed by atoms with Crippen molar-refractivity contribution in [1.82, 2.24) is 10.3 Å². The summed E-state index contributed by atoms with van der Waals surface area (Å²) in [6, 6.07) is 3.73. The van der Waals surface area contributed by atoms with Crippen LogP contribution in [0.3, 0.4) is 0 Å². The summed E-state index contributed by atoms with van der Waals surface area (Å²) in [6.45, 7) is 1.04. The van der Waals surface area contributed by atoms with E-state index < -0.39 is 23.8 Å². The highest BCUT2D eigenvalue weighted by Gasteiger charge is 2.66. The molecule has 7 heteroatoms. The fraction of sp³-hybridized carbons (Fsp3) is 0.357. The Kier molecular flexibility index (Phi) is 2.52. The van der Waals surface area contributed by atoms with Gasteiger partial charge in [0.2, 0.25) is 5.60 Å². The summed E-state index contributed by atoms with van der Waals surface area (Å²) in [6.07, 6.45) is 5.04. The molecule has 2 saturated heterocycles. The number of nitrogens with one attached hydrogen (secondary N) is 1. The van der Waals surface area contributed by atoms with Crippen LogP contribution in [0.4, 0.5) is 5.69 Å². The van der Waals surface area contributed by atoms with Crippen molar-refractivity contribution in [2.45, 2.75) is 17.9 Å². The van der Waals surface area contributed by atoms with Crippen LogP contribution in [0.25, 0.3) is 0 Å². The molecule has 0 aromatic carbocycles. The van der Waals surface area contributed by atoms with Crippen LogP contribution in [0.5, 0.6) is 0 Å². The van der Waals surface area contributed by atoms with E-state index >= 15 is 0 Å². The number of rotatable bonds is 1. The van der Waals surface area contributed by atoms with Crippen LogP contribution in [0.15, 0.2) is 36.7 Å². The number of aromatic nitrogens is 1. The van der Waals surface area contributed by atoms with E-state index in [0.717, 1.165) is 17.8 Å². The minimum absolute atomic E-state index is 0.0741. The maximum absolute atomic E-state index is 11.8. The van der Waals surface area contributed by atoms with E-state index in [1.54, 1.807) is 12.4 Å². The van der Waals surface area contributed by atoms with E-state index in [4.69, 9.17) is 9.47 Å². The Labute approximate surface area is 120 Å². The number of pyridine rings is 1. The molecule has 3 aliphatic rings. The monoisotopic (exact) mass is 287 g/mol. The van der Waals surface area contributed by atoms with Gasteiger partial charge in [-0.3, -0.25) is 10.3 Å². The highest BCUT2D eigenvalue weighted by molar-refractivity contribution is 5.92. The molecule has 108 valence electrons. The van der Waals surface area contributed by atoms with Crippen LogP contribution in [-0.2, 0) is 19.1 Å². The molecule has 0 aliphatic carbocycles. The standard InChI is InChI=1S/C14H13N3O4/c18-11-3-4-12(19)21-14-8-17(9-2-1-5-15-6-9)10(14)7-16-13(14)20-11/h1-6,10,13,16H,7-8H2/b4-3+. The lowest BCUT2D eigenvalue weighted by Gasteiger charge is -2.54. The molecule has 21 heavy (non-hydrogen) atoms. The summed E-state index contributed by atoms with van der Waals surface area (Å²) < 4.78 is 10.9. The van der Waals surface area contributed by atoms with Crippen LogP contribution in [0.1, 0.15) is 0 Å². The Morgan fingerprint density at radius 2 is 2.19 bits per heavy atom. The van der Waals surface area contributed by atoms with Gasteiger partial charge in [-0.1, -0.05) is 0 Å². The van der Waals surface area contributed by atoms with Crippen molar-refractivity contribution in [3.05, 3.63) is 36.7 Å². The minimum atomic E-state index is -0.826. The first-order chi connectivity index (χ1) is 10.2. The summed E-state index contributed by atoms with van der Waals surface area (Å²) in [5.74, 6) is -1.06. The lowest BCUT2D eigenvalue weighted by atomic mass is 9.84. The predicted molar refractivity (Wildman–Crippen MR) is 71.2 cm³/mol. The van der Waals surface area contributed by atoms with E-state index in [-0.39, 0.29) is 6.04 Å². The Bertz CT molecular complexity index is 632. The van der Waals surface area contributed by atoms with E-state index in [1.807, 2.05) is 12.1 Å². The SMILES string of the molecule is O=C1/C=C/C(=O)OC23CN(c4cccnc4)C2CNC3O1. The molecule has 7 nitrogen and oxygen atoms in total. The number of esters is 2. The van der Waals surface area contributed by atoms with Crippen molar-refractivity contribution >= 4 is 17.6 Å². The van der Waals surface area contributed by atoms with Gasteiger partial charge < -0.3 is 14.4 Å². The lowest BCUT2D eigenvalue weighted by molar-refractivity contribution is -0.188. The normalized spacial score (nSPS) is 35.5. The number of hydrogen-bond acceptors (Lipinski definition) is 7. The molecule has 1 N–H and O–H groups in total. The summed E-state index contributed by atoms with van der Waals surface area (Å²) >= 11 is 0. The number of anilines is 1. The fourth-order valence-electron chi connectivity index (χ4n) is 3.17. The van der Waals surface area contributed by atoms with E-state index in [1.165, 1.54) is 0 Å². The second-order valence-corrected chi connectivity index (χ2v) is 5.29. The molecule has 0 bridgehead atoms. The molecule has 1 spiro atoms. The molecule has 4 heterocycles. The molecule has 1 aromatic heterocycles. The third-order valence-electron chi connectivity index (χ3n) is 4.16. The van der Waals surface area contributed by atoms with Crippen molar-refractivity contribution in [3.63, 3.8) is 0 Å². The Morgan fingerprint density at radius 3 is 3.00 bits per heavy atom.